The highest BCUT2D eigenvalue weighted by Gasteiger charge is 2.05. The summed E-state index contributed by atoms with van der Waals surface area (Å²) in [6.07, 6.45) is 0.412. The van der Waals surface area contributed by atoms with E-state index in [1.165, 1.54) is 0 Å². The van der Waals surface area contributed by atoms with Crippen molar-refractivity contribution in [3.8, 4) is 0 Å². The minimum absolute atomic E-state index is 0.0364. The van der Waals surface area contributed by atoms with Crippen LogP contribution < -0.4 is 10.6 Å². The topological polar surface area (TPSA) is 41.1 Å². The van der Waals surface area contributed by atoms with Crippen molar-refractivity contribution in [2.24, 2.45) is 5.92 Å². The highest BCUT2D eigenvalue weighted by molar-refractivity contribution is 6.43. The number of carbonyl (C=O) groups excluding carboxylic acids is 1. The second kappa shape index (κ2) is 7.49. The van der Waals surface area contributed by atoms with Gasteiger partial charge in [-0.1, -0.05) is 43.1 Å². The molecule has 1 aromatic rings. The molecule has 0 aliphatic carbocycles. The molecule has 0 unspecified atom stereocenters. The fourth-order valence-electron chi connectivity index (χ4n) is 1.36. The molecule has 0 aliphatic rings. The maximum Gasteiger partial charge on any atom is 0.221 e. The van der Waals surface area contributed by atoms with Crippen LogP contribution in [0.5, 0.6) is 0 Å². The largest absolute Gasteiger partial charge is 0.383 e. The molecule has 5 heteroatoms. The summed E-state index contributed by atoms with van der Waals surface area (Å²) in [6.45, 7) is 5.36. The van der Waals surface area contributed by atoms with Gasteiger partial charge >= 0.3 is 0 Å². The summed E-state index contributed by atoms with van der Waals surface area (Å²) in [6, 6.07) is 5.38. The Hall–Kier alpha value is -0.930. The Morgan fingerprint density at radius 1 is 1.33 bits per heavy atom. The van der Waals surface area contributed by atoms with E-state index in [1.807, 2.05) is 12.1 Å². The number of hydrogen-bond donors (Lipinski definition) is 2. The zero-order chi connectivity index (χ0) is 13.5. The number of amides is 1. The molecule has 0 fully saturated rings. The molecule has 18 heavy (non-hydrogen) atoms. The summed E-state index contributed by atoms with van der Waals surface area (Å²) in [5.41, 5.74) is 0.751. The average Bonchev–Trinajstić information content (AvgIpc) is 2.32. The van der Waals surface area contributed by atoms with Crippen molar-refractivity contribution in [3.63, 3.8) is 0 Å². The maximum atomic E-state index is 11.5. The fourth-order valence-corrected chi connectivity index (χ4v) is 1.72. The zero-order valence-electron chi connectivity index (χ0n) is 10.6. The van der Waals surface area contributed by atoms with Gasteiger partial charge in [0.15, 0.2) is 0 Å². The molecule has 0 bridgehead atoms. The standard InChI is InChI=1S/C13H18Cl2N2O/c1-9(2)8-17-12(18)6-7-16-11-5-3-4-10(14)13(11)15/h3-5,9,16H,6-8H2,1-2H3,(H,17,18). The van der Waals surface area contributed by atoms with Gasteiger partial charge in [0.1, 0.15) is 0 Å². The SMILES string of the molecule is CC(C)CNC(=O)CCNc1cccc(Cl)c1Cl. The van der Waals surface area contributed by atoms with E-state index in [4.69, 9.17) is 23.2 Å². The van der Waals surface area contributed by atoms with E-state index in [0.29, 0.717) is 35.5 Å². The van der Waals surface area contributed by atoms with Gasteiger partial charge in [0.2, 0.25) is 5.91 Å². The van der Waals surface area contributed by atoms with Crippen LogP contribution in [0.3, 0.4) is 0 Å². The number of nitrogens with one attached hydrogen (secondary N) is 2. The summed E-state index contributed by atoms with van der Waals surface area (Å²) >= 11 is 11.9. The van der Waals surface area contributed by atoms with Crippen molar-refractivity contribution in [2.75, 3.05) is 18.4 Å². The molecule has 0 heterocycles. The molecule has 1 amide bonds. The van der Waals surface area contributed by atoms with Crippen LogP contribution in [-0.4, -0.2) is 19.0 Å². The molecule has 2 N–H and O–H groups in total. The lowest BCUT2D eigenvalue weighted by Gasteiger charge is -2.10. The number of anilines is 1. The molecule has 0 spiro atoms. The minimum Gasteiger partial charge on any atom is -0.383 e. The molecule has 0 atom stereocenters. The molecular formula is C13H18Cl2N2O. The van der Waals surface area contributed by atoms with Crippen molar-refractivity contribution in [1.29, 1.82) is 0 Å². The van der Waals surface area contributed by atoms with Gasteiger partial charge < -0.3 is 10.6 Å². The van der Waals surface area contributed by atoms with Gasteiger partial charge in [0, 0.05) is 19.5 Å². The number of halogens is 2. The first-order chi connectivity index (χ1) is 8.50. The smallest absolute Gasteiger partial charge is 0.221 e. The Kier molecular flexibility index (Phi) is 6.30. The number of carbonyl (C=O) groups is 1. The Morgan fingerprint density at radius 3 is 2.72 bits per heavy atom. The summed E-state index contributed by atoms with van der Waals surface area (Å²) in [4.78, 5) is 11.5. The molecule has 0 radical (unpaired) electrons. The summed E-state index contributed by atoms with van der Waals surface area (Å²) in [5, 5.41) is 6.94. The van der Waals surface area contributed by atoms with E-state index < -0.39 is 0 Å². The van der Waals surface area contributed by atoms with Crippen LogP contribution in [0, 0.1) is 5.92 Å². The van der Waals surface area contributed by atoms with E-state index in [-0.39, 0.29) is 5.91 Å². The molecule has 1 aromatic carbocycles. The predicted octanol–water partition coefficient (Wildman–Crippen LogP) is 3.57. The summed E-state index contributed by atoms with van der Waals surface area (Å²) in [7, 11) is 0. The van der Waals surface area contributed by atoms with Crippen LogP contribution in [-0.2, 0) is 4.79 Å². The molecule has 100 valence electrons. The molecule has 0 aliphatic heterocycles. The van der Waals surface area contributed by atoms with Gasteiger partial charge in [-0.05, 0) is 18.1 Å². The molecule has 0 aromatic heterocycles. The Labute approximate surface area is 118 Å². The van der Waals surface area contributed by atoms with Crippen LogP contribution >= 0.6 is 23.2 Å². The second-order valence-electron chi connectivity index (χ2n) is 4.48. The second-order valence-corrected chi connectivity index (χ2v) is 5.26. The third-order valence-corrected chi connectivity index (χ3v) is 3.15. The third-order valence-electron chi connectivity index (χ3n) is 2.33. The first kappa shape index (κ1) is 15.1. The van der Waals surface area contributed by atoms with Crippen molar-refractivity contribution in [3.05, 3.63) is 28.2 Å². The number of benzene rings is 1. The van der Waals surface area contributed by atoms with Crippen LogP contribution in [0.1, 0.15) is 20.3 Å². The summed E-state index contributed by atoms with van der Waals surface area (Å²) in [5.74, 6) is 0.499. The molecule has 1 rings (SSSR count). The van der Waals surface area contributed by atoms with Gasteiger partial charge in [-0.3, -0.25) is 4.79 Å². The lowest BCUT2D eigenvalue weighted by molar-refractivity contribution is -0.120. The van der Waals surface area contributed by atoms with Gasteiger partial charge in [0.05, 0.1) is 15.7 Å². The van der Waals surface area contributed by atoms with Gasteiger partial charge in [-0.25, -0.2) is 0 Å². The predicted molar refractivity (Wildman–Crippen MR) is 77.4 cm³/mol. The Balaban J connectivity index is 2.33. The van der Waals surface area contributed by atoms with Crippen LogP contribution in [0.2, 0.25) is 10.0 Å². The van der Waals surface area contributed by atoms with Crippen molar-refractivity contribution < 1.29 is 4.79 Å². The Bertz CT molecular complexity index is 408. The van der Waals surface area contributed by atoms with Crippen molar-refractivity contribution in [2.45, 2.75) is 20.3 Å². The molecular weight excluding hydrogens is 271 g/mol. The van der Waals surface area contributed by atoms with E-state index in [9.17, 15) is 4.79 Å². The van der Waals surface area contributed by atoms with Crippen molar-refractivity contribution in [1.82, 2.24) is 5.32 Å². The van der Waals surface area contributed by atoms with Gasteiger partial charge in [0.25, 0.3) is 0 Å². The highest BCUT2D eigenvalue weighted by atomic mass is 35.5. The summed E-state index contributed by atoms with van der Waals surface area (Å²) < 4.78 is 0. The van der Waals surface area contributed by atoms with Gasteiger partial charge in [-0.15, -0.1) is 0 Å². The normalized spacial score (nSPS) is 10.5. The zero-order valence-corrected chi connectivity index (χ0v) is 12.1. The third kappa shape index (κ3) is 5.15. The molecule has 0 saturated heterocycles. The number of hydrogen-bond acceptors (Lipinski definition) is 2. The van der Waals surface area contributed by atoms with Crippen LogP contribution in [0.15, 0.2) is 18.2 Å². The van der Waals surface area contributed by atoms with Crippen LogP contribution in [0.25, 0.3) is 0 Å². The van der Waals surface area contributed by atoms with E-state index in [2.05, 4.69) is 24.5 Å². The molecule has 0 saturated carbocycles. The van der Waals surface area contributed by atoms with E-state index in [0.717, 1.165) is 5.69 Å². The lowest BCUT2D eigenvalue weighted by atomic mass is 10.2. The highest BCUT2D eigenvalue weighted by Crippen LogP contribution is 2.29. The molecule has 3 nitrogen and oxygen atoms in total. The van der Waals surface area contributed by atoms with Gasteiger partial charge in [-0.2, -0.15) is 0 Å². The van der Waals surface area contributed by atoms with Crippen molar-refractivity contribution >= 4 is 34.8 Å². The average molecular weight is 289 g/mol. The van der Waals surface area contributed by atoms with E-state index >= 15 is 0 Å². The minimum atomic E-state index is 0.0364. The fraction of sp³-hybridized carbons (Fsp3) is 0.462. The quantitative estimate of drug-likeness (QED) is 0.840. The monoisotopic (exact) mass is 288 g/mol. The Morgan fingerprint density at radius 2 is 2.06 bits per heavy atom. The maximum absolute atomic E-state index is 11.5. The number of rotatable bonds is 6. The van der Waals surface area contributed by atoms with E-state index in [1.54, 1.807) is 6.07 Å². The lowest BCUT2D eigenvalue weighted by Crippen LogP contribution is -2.28. The first-order valence-electron chi connectivity index (χ1n) is 5.95. The first-order valence-corrected chi connectivity index (χ1v) is 6.71. The van der Waals surface area contributed by atoms with Crippen LogP contribution in [0.4, 0.5) is 5.69 Å².